The van der Waals surface area contributed by atoms with Crippen LogP contribution in [0.1, 0.15) is 25.3 Å². The van der Waals surface area contributed by atoms with E-state index in [2.05, 4.69) is 52.5 Å². The molecule has 3 heterocycles. The molecule has 1 aromatic carbocycles. The van der Waals surface area contributed by atoms with Crippen LogP contribution in [-0.2, 0) is 20.8 Å². The standard InChI is InChI=1S/C27H34N4O3/c1-2-24-8-9-25(31-13-18-33-19-14-31)11-17-32-15-3-4-16-34-21-22-6-5-7-23(20-22)26-10-12-28-27(29-24)30-26/h3-10,12,20H,2,11,13-19,21H2,1H3,(H,28,29,30)/b4-3+,24-8+,25-9+. The van der Waals surface area contributed by atoms with Crippen molar-refractivity contribution >= 4 is 5.95 Å². The van der Waals surface area contributed by atoms with Crippen LogP contribution in [0.2, 0.25) is 0 Å². The van der Waals surface area contributed by atoms with Gasteiger partial charge in [-0.1, -0.05) is 37.3 Å². The second-order valence-electron chi connectivity index (χ2n) is 8.21. The minimum absolute atomic E-state index is 0.547. The predicted molar refractivity (Wildman–Crippen MR) is 134 cm³/mol. The van der Waals surface area contributed by atoms with Gasteiger partial charge >= 0.3 is 0 Å². The van der Waals surface area contributed by atoms with Crippen LogP contribution in [0.15, 0.2) is 72.2 Å². The molecule has 2 aromatic rings. The maximum Gasteiger partial charge on any atom is 0.227 e. The van der Waals surface area contributed by atoms with Crippen molar-refractivity contribution in [3.05, 3.63) is 77.8 Å². The summed E-state index contributed by atoms with van der Waals surface area (Å²) in [6.45, 7) is 7.78. The van der Waals surface area contributed by atoms with Crippen LogP contribution in [-0.4, -0.2) is 61.0 Å². The molecule has 2 aliphatic rings. The lowest BCUT2D eigenvalue weighted by atomic mass is 10.1. The van der Waals surface area contributed by atoms with Crippen molar-refractivity contribution in [2.24, 2.45) is 0 Å². The molecule has 0 radical (unpaired) electrons. The van der Waals surface area contributed by atoms with Crippen LogP contribution in [0.4, 0.5) is 5.95 Å². The summed E-state index contributed by atoms with van der Waals surface area (Å²) in [5.41, 5.74) is 5.35. The third-order valence-corrected chi connectivity index (χ3v) is 5.79. The molecule has 0 aliphatic carbocycles. The molecule has 2 aliphatic heterocycles. The number of ether oxygens (including phenoxy) is 3. The van der Waals surface area contributed by atoms with Crippen LogP contribution < -0.4 is 5.32 Å². The summed E-state index contributed by atoms with van der Waals surface area (Å²) < 4.78 is 17.2. The number of allylic oxidation sites excluding steroid dienone is 3. The minimum atomic E-state index is 0.547. The van der Waals surface area contributed by atoms with Gasteiger partial charge in [0.25, 0.3) is 0 Å². The Morgan fingerprint density at radius 3 is 2.68 bits per heavy atom. The number of morpholine rings is 1. The Morgan fingerprint density at radius 2 is 1.82 bits per heavy atom. The van der Waals surface area contributed by atoms with Gasteiger partial charge < -0.3 is 24.4 Å². The van der Waals surface area contributed by atoms with Crippen LogP contribution in [0.5, 0.6) is 0 Å². The van der Waals surface area contributed by atoms with E-state index >= 15 is 0 Å². The number of nitrogens with one attached hydrogen (secondary N) is 1. The second-order valence-corrected chi connectivity index (χ2v) is 8.21. The molecule has 1 N–H and O–H groups in total. The molecule has 4 rings (SSSR count). The lowest BCUT2D eigenvalue weighted by Crippen LogP contribution is -2.36. The van der Waals surface area contributed by atoms with Gasteiger partial charge in [-0.3, -0.25) is 0 Å². The average molecular weight is 463 g/mol. The van der Waals surface area contributed by atoms with E-state index in [1.54, 1.807) is 6.20 Å². The Bertz CT molecular complexity index is 1010. The van der Waals surface area contributed by atoms with E-state index in [0.29, 0.717) is 32.4 Å². The van der Waals surface area contributed by atoms with Gasteiger partial charge in [0, 0.05) is 42.7 Å². The number of anilines is 1. The maximum atomic E-state index is 5.86. The predicted octanol–water partition coefficient (Wildman–Crippen LogP) is 4.56. The summed E-state index contributed by atoms with van der Waals surface area (Å²) >= 11 is 0. The number of nitrogens with zero attached hydrogens (tertiary/aromatic N) is 3. The van der Waals surface area contributed by atoms with E-state index in [0.717, 1.165) is 61.7 Å². The van der Waals surface area contributed by atoms with Gasteiger partial charge in [0.05, 0.1) is 45.3 Å². The van der Waals surface area contributed by atoms with Crippen molar-refractivity contribution in [3.63, 3.8) is 0 Å². The first kappa shape index (κ1) is 24.1. The van der Waals surface area contributed by atoms with E-state index < -0.39 is 0 Å². The van der Waals surface area contributed by atoms with Gasteiger partial charge in [-0.2, -0.15) is 0 Å². The van der Waals surface area contributed by atoms with Crippen molar-refractivity contribution in [3.8, 4) is 11.3 Å². The molecule has 1 fully saturated rings. The largest absolute Gasteiger partial charge is 0.378 e. The first-order chi connectivity index (χ1) is 16.8. The van der Waals surface area contributed by atoms with Crippen LogP contribution in [0, 0.1) is 0 Å². The Labute approximate surface area is 202 Å². The van der Waals surface area contributed by atoms with Crippen molar-refractivity contribution in [2.45, 2.75) is 26.4 Å². The Hall–Kier alpha value is -3.00. The summed E-state index contributed by atoms with van der Waals surface area (Å²) in [5.74, 6) is 0.594. The molecule has 1 aromatic heterocycles. The molecule has 0 spiro atoms. The normalized spacial score (nSPS) is 22.4. The molecule has 0 saturated carbocycles. The quantitative estimate of drug-likeness (QED) is 0.656. The Morgan fingerprint density at radius 1 is 0.971 bits per heavy atom. The highest BCUT2D eigenvalue weighted by Gasteiger charge is 2.13. The number of aromatic nitrogens is 2. The van der Waals surface area contributed by atoms with Crippen molar-refractivity contribution in [1.29, 1.82) is 0 Å². The van der Waals surface area contributed by atoms with Gasteiger partial charge in [-0.15, -0.1) is 0 Å². The smallest absolute Gasteiger partial charge is 0.227 e. The molecule has 7 heteroatoms. The fourth-order valence-electron chi connectivity index (χ4n) is 3.89. The molecular weight excluding hydrogens is 428 g/mol. The highest BCUT2D eigenvalue weighted by molar-refractivity contribution is 5.61. The van der Waals surface area contributed by atoms with E-state index in [4.69, 9.17) is 19.2 Å². The Kier molecular flexibility index (Phi) is 9.25. The van der Waals surface area contributed by atoms with Gasteiger partial charge in [-0.25, -0.2) is 9.97 Å². The first-order valence-electron chi connectivity index (χ1n) is 12.0. The number of hydrogen-bond donors (Lipinski definition) is 1. The fraction of sp³-hybridized carbons (Fsp3) is 0.407. The molecule has 7 nitrogen and oxygen atoms in total. The SMILES string of the molecule is CC/C1=C\C=C(\N2CCOCC2)CCOC/C=C/COCc2cccc(c2)-c2ccnc(n2)N1. The molecule has 180 valence electrons. The van der Waals surface area contributed by atoms with Crippen molar-refractivity contribution < 1.29 is 14.2 Å². The monoisotopic (exact) mass is 462 g/mol. The number of fused-ring (bicyclic) bond motifs is 5. The zero-order valence-corrected chi connectivity index (χ0v) is 19.9. The van der Waals surface area contributed by atoms with Gasteiger partial charge in [0.15, 0.2) is 0 Å². The number of hydrogen-bond acceptors (Lipinski definition) is 7. The molecule has 34 heavy (non-hydrogen) atoms. The third kappa shape index (κ3) is 7.25. The van der Waals surface area contributed by atoms with Crippen molar-refractivity contribution in [2.75, 3.05) is 51.4 Å². The molecule has 0 unspecified atom stereocenters. The van der Waals surface area contributed by atoms with Gasteiger partial charge in [0.1, 0.15) is 0 Å². The van der Waals surface area contributed by atoms with Crippen LogP contribution in [0.3, 0.4) is 0 Å². The molecular formula is C27H34N4O3. The summed E-state index contributed by atoms with van der Waals surface area (Å²) in [6.07, 6.45) is 11.8. The zero-order valence-electron chi connectivity index (χ0n) is 19.9. The third-order valence-electron chi connectivity index (χ3n) is 5.79. The van der Waals surface area contributed by atoms with E-state index in [1.807, 2.05) is 24.3 Å². The molecule has 4 bridgehead atoms. The van der Waals surface area contributed by atoms with Crippen molar-refractivity contribution in [1.82, 2.24) is 14.9 Å². The topological polar surface area (TPSA) is 68.7 Å². The summed E-state index contributed by atoms with van der Waals surface area (Å²) in [5, 5.41) is 3.41. The molecule has 0 atom stereocenters. The van der Waals surface area contributed by atoms with Gasteiger partial charge in [-0.05, 0) is 36.3 Å². The van der Waals surface area contributed by atoms with Gasteiger partial charge in [0.2, 0.25) is 5.95 Å². The van der Waals surface area contributed by atoms with Crippen LogP contribution in [0.25, 0.3) is 11.3 Å². The maximum absolute atomic E-state index is 5.86. The molecule has 0 amide bonds. The lowest BCUT2D eigenvalue weighted by molar-refractivity contribution is 0.0493. The van der Waals surface area contributed by atoms with E-state index in [1.165, 1.54) is 5.70 Å². The van der Waals surface area contributed by atoms with E-state index in [-0.39, 0.29) is 0 Å². The highest BCUT2D eigenvalue weighted by Crippen LogP contribution is 2.21. The second kappa shape index (κ2) is 13.0. The summed E-state index contributed by atoms with van der Waals surface area (Å²) in [6, 6.07) is 10.2. The summed E-state index contributed by atoms with van der Waals surface area (Å²) in [7, 11) is 0. The van der Waals surface area contributed by atoms with E-state index in [9.17, 15) is 0 Å². The minimum Gasteiger partial charge on any atom is -0.378 e. The lowest BCUT2D eigenvalue weighted by Gasteiger charge is -2.31. The fourth-order valence-corrected chi connectivity index (χ4v) is 3.89. The highest BCUT2D eigenvalue weighted by atomic mass is 16.5. The van der Waals surface area contributed by atoms with Crippen LogP contribution >= 0.6 is 0 Å². The summed E-state index contributed by atoms with van der Waals surface area (Å²) in [4.78, 5) is 11.6. The number of rotatable bonds is 2. The molecule has 1 saturated heterocycles. The average Bonchev–Trinajstić information content (AvgIpc) is 2.89. The number of benzene rings is 1. The zero-order chi connectivity index (χ0) is 23.4. The first-order valence-corrected chi connectivity index (χ1v) is 12.0. The Balaban J connectivity index is 1.60.